The van der Waals surface area contributed by atoms with Crippen LogP contribution in [-0.2, 0) is 20.2 Å². The first kappa shape index (κ1) is 21.3. The second-order valence-electron chi connectivity index (χ2n) is 5.87. The van der Waals surface area contributed by atoms with Crippen molar-refractivity contribution in [1.82, 2.24) is 0 Å². The first-order valence-corrected chi connectivity index (χ1v) is 10.6. The second-order valence-corrected chi connectivity index (χ2v) is 8.59. The van der Waals surface area contributed by atoms with Crippen molar-refractivity contribution >= 4 is 48.4 Å². The fourth-order valence-electron chi connectivity index (χ4n) is 2.61. The average molecular weight is 449 g/mol. The van der Waals surface area contributed by atoms with Crippen LogP contribution in [0.1, 0.15) is 10.4 Å². The summed E-state index contributed by atoms with van der Waals surface area (Å²) < 4.78 is 68.1. The first-order valence-electron chi connectivity index (χ1n) is 7.83. The molecule has 0 amide bonds. The van der Waals surface area contributed by atoms with Crippen LogP contribution >= 0.6 is 0 Å². The molecule has 0 bridgehead atoms. The molecule has 3 aromatic rings. The van der Waals surface area contributed by atoms with Gasteiger partial charge in [0.05, 0.1) is 16.1 Å². The Morgan fingerprint density at radius 3 is 2.17 bits per heavy atom. The summed E-state index contributed by atoms with van der Waals surface area (Å²) in [5, 5.41) is 28.7. The molecule has 0 aliphatic carbocycles. The number of hydrogen-bond donors (Lipinski definition) is 1. The minimum absolute atomic E-state index is 0.101. The molecule has 3 rings (SSSR count). The molecule has 0 spiro atoms. The van der Waals surface area contributed by atoms with E-state index in [0.717, 1.165) is 18.2 Å². The molecular formula is C17H9N2O9S2-3. The third-order valence-corrected chi connectivity index (χ3v) is 5.63. The summed E-state index contributed by atoms with van der Waals surface area (Å²) in [5.74, 6) is -2.65. The summed E-state index contributed by atoms with van der Waals surface area (Å²) in [6.45, 7) is 0. The van der Waals surface area contributed by atoms with Gasteiger partial charge in [0.15, 0.2) is 0 Å². The van der Waals surface area contributed by atoms with Gasteiger partial charge in [-0.05, 0) is 35.7 Å². The van der Waals surface area contributed by atoms with Gasteiger partial charge in [-0.2, -0.15) is 5.11 Å². The molecule has 3 aromatic carbocycles. The van der Waals surface area contributed by atoms with E-state index in [1.54, 1.807) is 0 Å². The summed E-state index contributed by atoms with van der Waals surface area (Å²) >= 11 is 0. The highest BCUT2D eigenvalue weighted by atomic mass is 32.2. The standard InChI is InChI=1S/C17H12N2O9S2/c20-16-14(30(26,27)28)8-9-7-10(29(23,24)25)5-6-11(9)15(16)19-18-13-4-2-1-3-12(13)17(21)22/h1-8,20H,(H,21,22)(H,23,24,25)(H,26,27,28)/p-3. The summed E-state index contributed by atoms with van der Waals surface area (Å²) in [6, 6.07) is 8.69. The zero-order valence-electron chi connectivity index (χ0n) is 14.5. The smallest absolute Gasteiger partial charge is 0.337 e. The van der Waals surface area contributed by atoms with E-state index in [2.05, 4.69) is 10.2 Å². The Labute approximate surface area is 169 Å². The molecule has 0 aliphatic heterocycles. The largest absolute Gasteiger partial charge is 0.870 e. The summed E-state index contributed by atoms with van der Waals surface area (Å²) in [6.07, 6.45) is 0. The summed E-state index contributed by atoms with van der Waals surface area (Å²) in [7, 11) is -10.2. The van der Waals surface area contributed by atoms with E-state index in [1.165, 1.54) is 24.3 Å². The van der Waals surface area contributed by atoms with Crippen molar-refractivity contribution in [3.05, 3.63) is 54.1 Å². The number of carboxylic acid groups (broad SMARTS) is 1. The lowest BCUT2D eigenvalue weighted by molar-refractivity contribution is -0.271. The van der Waals surface area contributed by atoms with Crippen LogP contribution in [0.2, 0.25) is 0 Å². The number of hydrogen-bond acceptors (Lipinski definition) is 10. The van der Waals surface area contributed by atoms with Gasteiger partial charge in [0, 0.05) is 10.3 Å². The van der Waals surface area contributed by atoms with Crippen LogP contribution < -0.4 is 5.11 Å². The zero-order chi connectivity index (χ0) is 22.3. The Balaban J connectivity index is 2.33. The maximum Gasteiger partial charge on any atom is 0.337 e. The van der Waals surface area contributed by atoms with Crippen LogP contribution in [0.15, 0.2) is 68.6 Å². The van der Waals surface area contributed by atoms with E-state index in [9.17, 15) is 40.9 Å². The summed E-state index contributed by atoms with van der Waals surface area (Å²) in [4.78, 5) is 9.31. The van der Waals surface area contributed by atoms with Gasteiger partial charge in [-0.15, -0.1) is 5.11 Å². The van der Waals surface area contributed by atoms with Gasteiger partial charge in [0.2, 0.25) is 0 Å². The maximum atomic E-state index is 12.5. The third kappa shape index (κ3) is 4.13. The molecule has 0 fully saturated rings. The van der Waals surface area contributed by atoms with Crippen molar-refractivity contribution in [3.8, 4) is 5.75 Å². The highest BCUT2D eigenvalue weighted by Gasteiger charge is 2.14. The fraction of sp³-hybridized carbons (Fsp3) is 0. The molecule has 13 heteroatoms. The van der Waals surface area contributed by atoms with Crippen molar-refractivity contribution in [2.45, 2.75) is 9.79 Å². The van der Waals surface area contributed by atoms with E-state index in [4.69, 9.17) is 0 Å². The monoisotopic (exact) mass is 449 g/mol. The van der Waals surface area contributed by atoms with Crippen LogP contribution in [0.5, 0.6) is 5.75 Å². The van der Waals surface area contributed by atoms with Crippen molar-refractivity contribution in [1.29, 1.82) is 0 Å². The zero-order valence-corrected chi connectivity index (χ0v) is 16.2. The molecular weight excluding hydrogens is 440 g/mol. The molecule has 0 atom stereocenters. The lowest BCUT2D eigenvalue weighted by Gasteiger charge is -2.20. The Morgan fingerprint density at radius 2 is 1.57 bits per heavy atom. The highest BCUT2D eigenvalue weighted by molar-refractivity contribution is 7.86. The molecule has 0 aromatic heterocycles. The van der Waals surface area contributed by atoms with Crippen molar-refractivity contribution in [2.75, 3.05) is 0 Å². The summed E-state index contributed by atoms with van der Waals surface area (Å²) in [5.41, 5.74) is -1.06. The fourth-order valence-corrected chi connectivity index (χ4v) is 3.71. The van der Waals surface area contributed by atoms with Gasteiger partial charge in [-0.3, -0.25) is 0 Å². The minimum Gasteiger partial charge on any atom is -0.870 e. The molecule has 156 valence electrons. The first-order chi connectivity index (χ1) is 13.9. The van der Waals surface area contributed by atoms with Crippen LogP contribution in [0, 0.1) is 0 Å². The van der Waals surface area contributed by atoms with E-state index >= 15 is 0 Å². The topological polar surface area (TPSA) is 199 Å². The number of fused-ring (bicyclic) bond motifs is 1. The third-order valence-electron chi connectivity index (χ3n) is 3.95. The predicted octanol–water partition coefficient (Wildman–Crippen LogP) is 1.84. The molecule has 0 radical (unpaired) electrons. The number of aromatic carboxylic acids is 1. The lowest BCUT2D eigenvalue weighted by atomic mass is 10.1. The van der Waals surface area contributed by atoms with Crippen LogP contribution in [0.25, 0.3) is 10.8 Å². The van der Waals surface area contributed by atoms with Gasteiger partial charge in [-0.1, -0.05) is 23.9 Å². The Morgan fingerprint density at radius 1 is 0.900 bits per heavy atom. The van der Waals surface area contributed by atoms with Crippen molar-refractivity contribution < 1.29 is 40.9 Å². The predicted molar refractivity (Wildman–Crippen MR) is 96.9 cm³/mol. The number of carbonyl (C=O) groups is 1. The molecule has 0 unspecified atom stereocenters. The van der Waals surface area contributed by atoms with E-state index < -0.39 is 47.4 Å². The quantitative estimate of drug-likeness (QED) is 0.445. The Bertz CT molecular complexity index is 1430. The number of azo groups is 1. The van der Waals surface area contributed by atoms with Crippen molar-refractivity contribution in [2.24, 2.45) is 10.2 Å². The minimum atomic E-state index is -5.29. The molecule has 1 N–H and O–H groups in total. The van der Waals surface area contributed by atoms with Crippen molar-refractivity contribution in [3.63, 3.8) is 0 Å². The molecule has 0 saturated carbocycles. The normalized spacial score (nSPS) is 12.5. The van der Waals surface area contributed by atoms with Gasteiger partial charge >= 0.3 is 5.97 Å². The second kappa shape index (κ2) is 7.46. The Hall–Kier alpha value is -3.39. The van der Waals surface area contributed by atoms with Crippen LogP contribution in [0.4, 0.5) is 11.4 Å². The van der Waals surface area contributed by atoms with Crippen LogP contribution in [0.3, 0.4) is 0 Å². The van der Waals surface area contributed by atoms with E-state index in [-0.39, 0.29) is 22.0 Å². The molecule has 0 aliphatic rings. The molecule has 0 saturated heterocycles. The van der Waals surface area contributed by atoms with Gasteiger partial charge in [-0.25, -0.2) is 21.6 Å². The molecule has 0 heterocycles. The molecule has 30 heavy (non-hydrogen) atoms. The molecule has 11 nitrogen and oxygen atoms in total. The van der Waals surface area contributed by atoms with Crippen LogP contribution in [-0.4, -0.2) is 37.0 Å². The van der Waals surface area contributed by atoms with Gasteiger partial charge in [0.25, 0.3) is 0 Å². The number of carboxylic acids is 1. The SMILES string of the molecule is O=C(O)c1ccccc1N=Nc1c([O-])c(S(=O)(=O)[O-])cc2cc(S(=O)(=O)[O-])ccc12. The maximum absolute atomic E-state index is 12.5. The number of rotatable bonds is 5. The van der Waals surface area contributed by atoms with Gasteiger partial charge < -0.3 is 19.3 Å². The van der Waals surface area contributed by atoms with E-state index in [1.807, 2.05) is 0 Å². The number of benzene rings is 3. The Kier molecular flexibility index (Phi) is 5.30. The highest BCUT2D eigenvalue weighted by Crippen LogP contribution is 2.40. The number of nitrogens with zero attached hydrogens (tertiary/aromatic N) is 2. The van der Waals surface area contributed by atoms with E-state index in [0.29, 0.717) is 6.07 Å². The average Bonchev–Trinajstić information content (AvgIpc) is 2.65. The lowest BCUT2D eigenvalue weighted by Crippen LogP contribution is -2.06. The van der Waals surface area contributed by atoms with Gasteiger partial charge in [0.1, 0.15) is 25.9 Å².